The maximum absolute atomic E-state index is 14.4. The number of ketones is 3. The average molecular weight is 986 g/mol. The van der Waals surface area contributed by atoms with Crippen LogP contribution in [-0.2, 0) is 52.1 Å². The van der Waals surface area contributed by atoms with Crippen LogP contribution in [0.4, 0.5) is 0 Å². The van der Waals surface area contributed by atoms with Gasteiger partial charge in [-0.05, 0) is 126 Å². The van der Waals surface area contributed by atoms with Crippen molar-refractivity contribution < 1.29 is 62.3 Å². The second-order valence-corrected chi connectivity index (χ2v) is 26.5. The second-order valence-electron chi connectivity index (χ2n) is 21.8. The zero-order chi connectivity index (χ0) is 51.3. The Morgan fingerprint density at radius 1 is 0.826 bits per heavy atom. The highest BCUT2D eigenvalue weighted by Crippen LogP contribution is 2.41. The summed E-state index contributed by atoms with van der Waals surface area (Å²) in [6.45, 7) is 18.2. The number of aliphatic hydroxyl groups excluding tert-OH is 1. The lowest BCUT2D eigenvalue weighted by molar-refractivity contribution is -0.265. The summed E-state index contributed by atoms with van der Waals surface area (Å²) in [7, 11) is 2.61. The van der Waals surface area contributed by atoms with E-state index in [0.717, 1.165) is 24.8 Å². The van der Waals surface area contributed by atoms with E-state index in [0.29, 0.717) is 63.4 Å². The molecule has 1 unspecified atom stereocenters. The summed E-state index contributed by atoms with van der Waals surface area (Å²) < 4.78 is 36.6. The van der Waals surface area contributed by atoms with Crippen LogP contribution in [0.5, 0.6) is 0 Å². The number of nitrogens with zero attached hydrogens (tertiary/aromatic N) is 1. The molecule has 2 bridgehead atoms. The number of fused-ring (bicyclic) bond motifs is 3. The van der Waals surface area contributed by atoms with Crippen LogP contribution in [0.3, 0.4) is 0 Å². The highest BCUT2D eigenvalue weighted by molar-refractivity contribution is 6.74. The quantitative estimate of drug-likeness (QED) is 0.102. The van der Waals surface area contributed by atoms with E-state index < -0.39 is 80.2 Å². The van der Waals surface area contributed by atoms with Gasteiger partial charge in [-0.3, -0.25) is 19.2 Å². The van der Waals surface area contributed by atoms with Crippen LogP contribution in [0, 0.1) is 17.8 Å². The second kappa shape index (κ2) is 26.5. The van der Waals surface area contributed by atoms with Gasteiger partial charge in [0.1, 0.15) is 30.1 Å². The molecule has 0 aromatic heterocycles. The van der Waals surface area contributed by atoms with Gasteiger partial charge in [0.15, 0.2) is 14.1 Å². The first-order chi connectivity index (χ1) is 32.5. The number of cyclic esters (lactones) is 1. The lowest BCUT2D eigenvalue weighted by atomic mass is 9.81. The number of ether oxygens (including phenoxy) is 5. The summed E-state index contributed by atoms with van der Waals surface area (Å²) in [6.07, 6.45) is 14.0. The molecule has 3 aliphatic heterocycles. The summed E-state index contributed by atoms with van der Waals surface area (Å²) in [5.41, 5.74) is 1.30. The zero-order valence-electron chi connectivity index (χ0n) is 44.0. The molecule has 2 saturated heterocycles. The third kappa shape index (κ3) is 15.9. The van der Waals surface area contributed by atoms with E-state index in [1.165, 1.54) is 12.0 Å². The Labute approximate surface area is 414 Å². The van der Waals surface area contributed by atoms with Gasteiger partial charge in [0.25, 0.3) is 11.7 Å². The topological polar surface area (TPSA) is 184 Å². The van der Waals surface area contributed by atoms with Gasteiger partial charge in [-0.1, -0.05) is 71.1 Å². The van der Waals surface area contributed by atoms with Crippen molar-refractivity contribution in [2.75, 3.05) is 27.9 Å². The molecule has 0 spiro atoms. The smallest absolute Gasteiger partial charge is 0.329 e. The van der Waals surface area contributed by atoms with Crippen LogP contribution in [0.25, 0.3) is 0 Å². The number of carbonyl (C=O) groups is 5. The lowest BCUT2D eigenvalue weighted by Crippen LogP contribution is -2.60. The van der Waals surface area contributed by atoms with Gasteiger partial charge in [0, 0.05) is 59.0 Å². The number of methoxy groups -OCH3 is 3. The largest absolute Gasteiger partial charge is 0.460 e. The van der Waals surface area contributed by atoms with Gasteiger partial charge in [-0.15, -0.1) is 0 Å². The monoisotopic (exact) mass is 986 g/mol. The Morgan fingerprint density at radius 3 is 2.22 bits per heavy atom. The van der Waals surface area contributed by atoms with E-state index >= 15 is 0 Å². The van der Waals surface area contributed by atoms with Crippen LogP contribution in [0.15, 0.2) is 47.6 Å². The Morgan fingerprint density at radius 2 is 1.55 bits per heavy atom. The Bertz CT molecular complexity index is 1870. The minimum atomic E-state index is -2.42. The highest BCUT2D eigenvalue weighted by Gasteiger charge is 2.53. The molecule has 69 heavy (non-hydrogen) atoms. The van der Waals surface area contributed by atoms with Crippen LogP contribution in [0.1, 0.15) is 145 Å². The molecule has 1 aliphatic carbocycles. The average Bonchev–Trinajstić information content (AvgIpc) is 3.30. The molecule has 14 nitrogen and oxygen atoms in total. The molecule has 2 N–H and O–H groups in total. The molecule has 4 aliphatic rings. The van der Waals surface area contributed by atoms with Crippen molar-refractivity contribution in [1.29, 1.82) is 0 Å². The molecule has 12 atom stereocenters. The number of Topliss-reactive ketones (excluding diaryl/α,β-unsaturated/α-hetero) is 3. The van der Waals surface area contributed by atoms with Gasteiger partial charge in [-0.2, -0.15) is 0 Å². The summed E-state index contributed by atoms with van der Waals surface area (Å²) in [4.78, 5) is 71.5. The maximum atomic E-state index is 14.4. The minimum absolute atomic E-state index is 0.0343. The fourth-order valence-electron chi connectivity index (χ4n) is 9.93. The van der Waals surface area contributed by atoms with E-state index in [9.17, 15) is 34.2 Å². The van der Waals surface area contributed by atoms with Crippen LogP contribution < -0.4 is 0 Å². The van der Waals surface area contributed by atoms with Crippen molar-refractivity contribution in [2.24, 2.45) is 17.8 Å². The Kier molecular flexibility index (Phi) is 22.4. The number of esters is 1. The highest BCUT2D eigenvalue weighted by atomic mass is 28.4. The number of amides is 1. The molecular formula is C54H87NO13Si. The lowest BCUT2D eigenvalue weighted by Gasteiger charge is -2.44. The fraction of sp³-hybridized carbons (Fsp3) is 0.759. The number of allylic oxidation sites excluding steroid dienone is 6. The first-order valence-electron chi connectivity index (χ1n) is 25.6. The number of piperidine rings is 1. The first-order valence-corrected chi connectivity index (χ1v) is 28.5. The van der Waals surface area contributed by atoms with Crippen LogP contribution in [-0.4, -0.2) is 135 Å². The Balaban J connectivity index is 1.64. The fourth-order valence-corrected chi connectivity index (χ4v) is 11.3. The standard InChI is InChI=1S/C54H87NO13Si/c1-35-21-17-15-13-14-16-18-23-43(56)49(65-10)48(58)37(3)31-36(2)44(57)33-40(28-25-39-26-29-45(47(32-39)64-9)68-69(11,12)53(5,6)7)66-52(61)42-22-19-20-30-55(42)51(60)50(59)54(62)38(4)24-27-41(67-54)34-46(35)63-8/h13-15,17,21,31,36,38-42,45-49,58,62H,16,18-20,22-30,32-34H2,1-12H3/b14-13+,17-15?,35-21?,37-31+/t36-,38-,39-,40-,41+,42+,45?,46+,47-,48-,49+,54-/m1/s1. The van der Waals surface area contributed by atoms with Crippen molar-refractivity contribution in [3.63, 3.8) is 0 Å². The van der Waals surface area contributed by atoms with Crippen molar-refractivity contribution >= 4 is 37.5 Å². The molecule has 1 saturated carbocycles. The van der Waals surface area contributed by atoms with E-state index in [1.807, 2.05) is 37.3 Å². The number of hydrogen-bond acceptors (Lipinski definition) is 13. The molecular weight excluding hydrogens is 899 g/mol. The van der Waals surface area contributed by atoms with Crippen molar-refractivity contribution in [3.8, 4) is 0 Å². The Hall–Kier alpha value is -3.15. The predicted octanol–water partition coefficient (Wildman–Crippen LogP) is 8.47. The van der Waals surface area contributed by atoms with E-state index in [1.54, 1.807) is 41.1 Å². The van der Waals surface area contributed by atoms with Gasteiger partial charge < -0.3 is 43.2 Å². The predicted molar refractivity (Wildman–Crippen MR) is 268 cm³/mol. The van der Waals surface area contributed by atoms with Crippen molar-refractivity contribution in [3.05, 3.63) is 47.6 Å². The van der Waals surface area contributed by atoms with Gasteiger partial charge in [0.05, 0.1) is 24.4 Å². The third-order valence-corrected chi connectivity index (χ3v) is 20.1. The van der Waals surface area contributed by atoms with Crippen LogP contribution in [0.2, 0.25) is 18.1 Å². The third-order valence-electron chi connectivity index (χ3n) is 15.6. The first kappa shape index (κ1) is 58.4. The molecule has 4 rings (SSSR count). The van der Waals surface area contributed by atoms with Gasteiger partial charge in [-0.25, -0.2) is 4.79 Å². The molecule has 15 heteroatoms. The number of hydrogen-bond donors (Lipinski definition) is 2. The summed E-state index contributed by atoms with van der Waals surface area (Å²) >= 11 is 0. The SMILES string of the molecule is CO[C@H]1C[C@@H]2CC[C@@H](C)[C@@](O)(O2)C(=O)C(=O)N2CCCC[C@H]2C(=O)O[C@H](CC[C@@H]2CCC(O[Si](C)(C)C(C)(C)C)[C@H](OC)C2)CC(=O)[C@H](C)/C=C(\C)[C@@H](O)[C@@H](OC)C(=O)CCC/C=C/C=CC=C1C. The van der Waals surface area contributed by atoms with E-state index in [2.05, 4.69) is 33.9 Å². The molecule has 1 amide bonds. The molecule has 3 heterocycles. The summed E-state index contributed by atoms with van der Waals surface area (Å²) in [5, 5.41) is 23.3. The van der Waals surface area contributed by atoms with E-state index in [4.69, 9.17) is 28.1 Å². The van der Waals surface area contributed by atoms with E-state index in [-0.39, 0.29) is 60.5 Å². The molecule has 0 aromatic carbocycles. The van der Waals surface area contributed by atoms with Crippen LogP contribution >= 0.6 is 0 Å². The molecule has 0 radical (unpaired) electrons. The number of aliphatic hydroxyl groups is 2. The minimum Gasteiger partial charge on any atom is -0.460 e. The molecule has 390 valence electrons. The number of carbonyl (C=O) groups excluding carboxylic acids is 5. The van der Waals surface area contributed by atoms with Crippen molar-refractivity contribution in [1.82, 2.24) is 4.90 Å². The normalized spacial score (nSPS) is 35.4. The zero-order valence-corrected chi connectivity index (χ0v) is 45.0. The van der Waals surface area contributed by atoms with Gasteiger partial charge in [0.2, 0.25) is 5.79 Å². The van der Waals surface area contributed by atoms with Gasteiger partial charge >= 0.3 is 5.97 Å². The number of rotatable bonds is 8. The maximum Gasteiger partial charge on any atom is 0.329 e. The molecule has 0 aromatic rings. The molecule has 3 fully saturated rings. The summed E-state index contributed by atoms with van der Waals surface area (Å²) in [5.74, 6) is -6.95. The summed E-state index contributed by atoms with van der Waals surface area (Å²) in [6, 6.07) is -1.12. The van der Waals surface area contributed by atoms with Crippen molar-refractivity contribution in [2.45, 2.75) is 217 Å².